The molecule has 0 saturated carbocycles. The second-order valence-electron chi connectivity index (χ2n) is 5.45. The highest BCUT2D eigenvalue weighted by molar-refractivity contribution is 7.13. The van der Waals surface area contributed by atoms with E-state index in [1.165, 1.54) is 11.3 Å². The summed E-state index contributed by atoms with van der Waals surface area (Å²) in [5.41, 5.74) is 0. The van der Waals surface area contributed by atoms with Crippen LogP contribution < -0.4 is 15.5 Å². The highest BCUT2D eigenvalue weighted by atomic mass is 32.1. The fourth-order valence-electron chi connectivity index (χ4n) is 2.56. The molecule has 0 radical (unpaired) electrons. The lowest BCUT2D eigenvalue weighted by Crippen LogP contribution is -2.47. The van der Waals surface area contributed by atoms with Crippen molar-refractivity contribution in [3.05, 3.63) is 30.0 Å². The molecule has 3 heterocycles. The molecular weight excluding hydrogens is 326 g/mol. The first-order chi connectivity index (χ1) is 11.8. The van der Waals surface area contributed by atoms with Crippen molar-refractivity contribution in [2.75, 3.05) is 49.5 Å². The standard InChI is InChI=1S/C15H21N7OS/c23-14(20-15-19-6-12-24-15)18-5-2-7-21-8-10-22(11-9-21)13-16-3-1-4-17-13/h1,3-4,6,12H,2,5,7-11H2,(H2,18,19,20,23). The highest BCUT2D eigenvalue weighted by Gasteiger charge is 2.18. The normalized spacial score (nSPS) is 15.2. The molecule has 2 aromatic rings. The first kappa shape index (κ1) is 16.6. The largest absolute Gasteiger partial charge is 0.338 e. The number of carbonyl (C=O) groups excluding carboxylic acids is 1. The SMILES string of the molecule is O=C(NCCCN1CCN(c2ncccn2)CC1)Nc1nccs1. The van der Waals surface area contributed by atoms with Gasteiger partial charge in [-0.15, -0.1) is 11.3 Å². The van der Waals surface area contributed by atoms with Gasteiger partial charge in [-0.1, -0.05) is 0 Å². The van der Waals surface area contributed by atoms with Crippen LogP contribution in [0.1, 0.15) is 6.42 Å². The molecule has 1 aliphatic heterocycles. The summed E-state index contributed by atoms with van der Waals surface area (Å²) in [4.78, 5) is 28.9. The van der Waals surface area contributed by atoms with Gasteiger partial charge >= 0.3 is 6.03 Å². The van der Waals surface area contributed by atoms with E-state index in [0.717, 1.165) is 45.1 Å². The summed E-state index contributed by atoms with van der Waals surface area (Å²) in [5, 5.41) is 8.01. The Bertz CT molecular complexity index is 614. The number of anilines is 2. The Labute approximate surface area is 144 Å². The molecule has 128 valence electrons. The molecule has 3 rings (SSSR count). The molecule has 1 aliphatic rings. The molecule has 24 heavy (non-hydrogen) atoms. The Balaban J connectivity index is 1.29. The molecule has 9 heteroatoms. The number of rotatable bonds is 6. The van der Waals surface area contributed by atoms with E-state index in [1.54, 1.807) is 18.6 Å². The minimum absolute atomic E-state index is 0.198. The van der Waals surface area contributed by atoms with Crippen LogP contribution >= 0.6 is 11.3 Å². The van der Waals surface area contributed by atoms with Crippen molar-refractivity contribution in [3.63, 3.8) is 0 Å². The van der Waals surface area contributed by atoms with Gasteiger partial charge in [0.2, 0.25) is 5.95 Å². The van der Waals surface area contributed by atoms with Crippen LogP contribution in [0.4, 0.5) is 15.9 Å². The molecule has 2 amide bonds. The molecule has 0 bridgehead atoms. The topological polar surface area (TPSA) is 86.3 Å². The maximum absolute atomic E-state index is 11.7. The molecule has 2 aromatic heterocycles. The van der Waals surface area contributed by atoms with E-state index in [1.807, 2.05) is 11.4 Å². The average Bonchev–Trinajstić information content (AvgIpc) is 3.13. The van der Waals surface area contributed by atoms with Crippen molar-refractivity contribution < 1.29 is 4.79 Å². The summed E-state index contributed by atoms with van der Waals surface area (Å²) in [6.45, 7) is 5.47. The first-order valence-electron chi connectivity index (χ1n) is 8.00. The monoisotopic (exact) mass is 347 g/mol. The molecular formula is C15H21N7OS. The van der Waals surface area contributed by atoms with E-state index < -0.39 is 0 Å². The van der Waals surface area contributed by atoms with E-state index in [2.05, 4.69) is 35.4 Å². The molecule has 0 spiro atoms. The van der Waals surface area contributed by atoms with Gasteiger partial charge in [0.05, 0.1) is 0 Å². The summed E-state index contributed by atoms with van der Waals surface area (Å²) in [5.74, 6) is 0.803. The van der Waals surface area contributed by atoms with E-state index in [9.17, 15) is 4.79 Å². The molecule has 1 saturated heterocycles. The van der Waals surface area contributed by atoms with Gasteiger partial charge in [0.25, 0.3) is 0 Å². The fourth-order valence-corrected chi connectivity index (χ4v) is 3.08. The van der Waals surface area contributed by atoms with Gasteiger partial charge in [0, 0.05) is 56.7 Å². The smallest absolute Gasteiger partial charge is 0.321 e. The van der Waals surface area contributed by atoms with E-state index >= 15 is 0 Å². The minimum atomic E-state index is -0.198. The fraction of sp³-hybridized carbons (Fsp3) is 0.467. The van der Waals surface area contributed by atoms with E-state index in [0.29, 0.717) is 11.7 Å². The predicted octanol–water partition coefficient (Wildman–Crippen LogP) is 1.27. The highest BCUT2D eigenvalue weighted by Crippen LogP contribution is 2.10. The van der Waals surface area contributed by atoms with Gasteiger partial charge in [-0.2, -0.15) is 0 Å². The lowest BCUT2D eigenvalue weighted by molar-refractivity contribution is 0.244. The van der Waals surface area contributed by atoms with Crippen LogP contribution in [0, 0.1) is 0 Å². The second-order valence-corrected chi connectivity index (χ2v) is 6.34. The van der Waals surface area contributed by atoms with Crippen molar-refractivity contribution in [1.29, 1.82) is 0 Å². The zero-order chi connectivity index (χ0) is 16.6. The summed E-state index contributed by atoms with van der Waals surface area (Å²) in [6, 6.07) is 1.63. The maximum Gasteiger partial charge on any atom is 0.321 e. The Kier molecular flexibility index (Phi) is 5.91. The minimum Gasteiger partial charge on any atom is -0.338 e. The summed E-state index contributed by atoms with van der Waals surface area (Å²) >= 11 is 1.41. The number of nitrogens with one attached hydrogen (secondary N) is 2. The van der Waals surface area contributed by atoms with Gasteiger partial charge in [-0.25, -0.2) is 19.7 Å². The van der Waals surface area contributed by atoms with Crippen molar-refractivity contribution in [2.45, 2.75) is 6.42 Å². The predicted molar refractivity (Wildman–Crippen MR) is 94.4 cm³/mol. The third-order valence-electron chi connectivity index (χ3n) is 3.80. The number of urea groups is 1. The molecule has 0 atom stereocenters. The number of aromatic nitrogens is 3. The molecule has 8 nitrogen and oxygen atoms in total. The maximum atomic E-state index is 11.7. The van der Waals surface area contributed by atoms with E-state index in [-0.39, 0.29) is 6.03 Å². The van der Waals surface area contributed by atoms with Crippen LogP contribution in [0.25, 0.3) is 0 Å². The molecule has 0 aromatic carbocycles. The van der Waals surface area contributed by atoms with Crippen molar-refractivity contribution in [3.8, 4) is 0 Å². The van der Waals surface area contributed by atoms with Crippen molar-refractivity contribution in [2.24, 2.45) is 0 Å². The third kappa shape index (κ3) is 4.87. The van der Waals surface area contributed by atoms with Gasteiger partial charge in [-0.05, 0) is 19.0 Å². The summed E-state index contributed by atoms with van der Waals surface area (Å²) < 4.78 is 0. The Morgan fingerprint density at radius 3 is 2.62 bits per heavy atom. The summed E-state index contributed by atoms with van der Waals surface area (Å²) in [6.07, 6.45) is 6.14. The van der Waals surface area contributed by atoms with Crippen LogP contribution in [0.3, 0.4) is 0 Å². The van der Waals surface area contributed by atoms with Crippen LogP contribution in [0.2, 0.25) is 0 Å². The van der Waals surface area contributed by atoms with Crippen LogP contribution in [-0.4, -0.2) is 65.2 Å². The Morgan fingerprint density at radius 2 is 1.92 bits per heavy atom. The lowest BCUT2D eigenvalue weighted by Gasteiger charge is -2.34. The molecule has 1 fully saturated rings. The number of amides is 2. The molecule has 0 aliphatic carbocycles. The number of piperazine rings is 1. The lowest BCUT2D eigenvalue weighted by atomic mass is 10.3. The summed E-state index contributed by atoms with van der Waals surface area (Å²) in [7, 11) is 0. The van der Waals surface area contributed by atoms with Gasteiger partial charge in [-0.3, -0.25) is 10.2 Å². The van der Waals surface area contributed by atoms with Crippen molar-refractivity contribution >= 4 is 28.4 Å². The zero-order valence-electron chi connectivity index (χ0n) is 13.4. The molecule has 2 N–H and O–H groups in total. The Morgan fingerprint density at radius 1 is 1.12 bits per heavy atom. The third-order valence-corrected chi connectivity index (χ3v) is 4.49. The number of carbonyl (C=O) groups is 1. The number of hydrogen-bond acceptors (Lipinski definition) is 7. The number of hydrogen-bond donors (Lipinski definition) is 2. The Hall–Kier alpha value is -2.26. The molecule has 0 unspecified atom stereocenters. The van der Waals surface area contributed by atoms with Crippen LogP contribution in [0.15, 0.2) is 30.0 Å². The first-order valence-corrected chi connectivity index (χ1v) is 8.88. The average molecular weight is 347 g/mol. The van der Waals surface area contributed by atoms with Crippen LogP contribution in [-0.2, 0) is 0 Å². The quantitative estimate of drug-likeness (QED) is 0.765. The van der Waals surface area contributed by atoms with Gasteiger partial charge in [0.15, 0.2) is 5.13 Å². The number of nitrogens with zero attached hydrogens (tertiary/aromatic N) is 5. The zero-order valence-corrected chi connectivity index (χ0v) is 14.2. The van der Waals surface area contributed by atoms with Crippen LogP contribution in [0.5, 0.6) is 0 Å². The van der Waals surface area contributed by atoms with Gasteiger partial charge in [0.1, 0.15) is 0 Å². The number of thiazole rings is 1. The van der Waals surface area contributed by atoms with Crippen molar-refractivity contribution in [1.82, 2.24) is 25.2 Å². The van der Waals surface area contributed by atoms with E-state index in [4.69, 9.17) is 0 Å². The van der Waals surface area contributed by atoms with Gasteiger partial charge < -0.3 is 10.2 Å². The second kappa shape index (κ2) is 8.55.